The zero-order valence-corrected chi connectivity index (χ0v) is 15.7. The Balaban J connectivity index is 2.38. The number of hydrogen-bond acceptors (Lipinski definition) is 4. The van der Waals surface area contributed by atoms with Crippen molar-refractivity contribution in [1.29, 1.82) is 0 Å². The number of nitrogens with zero attached hydrogens (tertiary/aromatic N) is 1. The van der Waals surface area contributed by atoms with Crippen LogP contribution in [0.15, 0.2) is 47.4 Å². The molecule has 1 N–H and O–H groups in total. The number of benzene rings is 2. The van der Waals surface area contributed by atoms with Crippen LogP contribution in [0.5, 0.6) is 5.75 Å². The standard InChI is InChI=1S/C17H19ClN2O4S/c1-4-20(2)17(21)12-6-5-7-14(10-12)25(22,23)19-15-11-13(18)8-9-16(15)24-3/h5-11,19H,4H2,1-3H3. The zero-order valence-electron chi connectivity index (χ0n) is 14.1. The van der Waals surface area contributed by atoms with Crippen molar-refractivity contribution in [2.75, 3.05) is 25.4 Å². The molecule has 0 aromatic heterocycles. The Labute approximate surface area is 152 Å². The Hall–Kier alpha value is -2.25. The second-order valence-corrected chi connectivity index (χ2v) is 7.42. The average Bonchev–Trinajstić information content (AvgIpc) is 2.60. The van der Waals surface area contributed by atoms with Gasteiger partial charge in [-0.1, -0.05) is 17.7 Å². The highest BCUT2D eigenvalue weighted by Gasteiger charge is 2.19. The largest absolute Gasteiger partial charge is 0.495 e. The maximum absolute atomic E-state index is 12.7. The quantitative estimate of drug-likeness (QED) is 0.832. The summed E-state index contributed by atoms with van der Waals surface area (Å²) in [4.78, 5) is 13.7. The van der Waals surface area contributed by atoms with Crippen LogP contribution in [0.2, 0.25) is 5.02 Å². The van der Waals surface area contributed by atoms with E-state index < -0.39 is 10.0 Å². The van der Waals surface area contributed by atoms with Crippen LogP contribution in [-0.2, 0) is 10.0 Å². The summed E-state index contributed by atoms with van der Waals surface area (Å²) in [6.45, 7) is 2.36. The average molecular weight is 383 g/mol. The smallest absolute Gasteiger partial charge is 0.262 e. The van der Waals surface area contributed by atoms with Gasteiger partial charge in [0.2, 0.25) is 0 Å². The van der Waals surface area contributed by atoms with Gasteiger partial charge in [0.15, 0.2) is 0 Å². The van der Waals surface area contributed by atoms with Gasteiger partial charge in [-0.2, -0.15) is 0 Å². The van der Waals surface area contributed by atoms with Crippen LogP contribution < -0.4 is 9.46 Å². The van der Waals surface area contributed by atoms with Gasteiger partial charge in [0.25, 0.3) is 15.9 Å². The van der Waals surface area contributed by atoms with Gasteiger partial charge in [-0.25, -0.2) is 8.42 Å². The number of amides is 1. The van der Waals surface area contributed by atoms with E-state index in [0.29, 0.717) is 22.9 Å². The molecular weight excluding hydrogens is 364 g/mol. The number of nitrogens with one attached hydrogen (secondary N) is 1. The Morgan fingerprint density at radius 2 is 1.96 bits per heavy atom. The summed E-state index contributed by atoms with van der Waals surface area (Å²) in [6.07, 6.45) is 0. The van der Waals surface area contributed by atoms with Gasteiger partial charge >= 0.3 is 0 Å². The number of methoxy groups -OCH3 is 1. The molecule has 0 unspecified atom stereocenters. The lowest BCUT2D eigenvalue weighted by molar-refractivity contribution is 0.0802. The third-order valence-electron chi connectivity index (χ3n) is 3.62. The minimum Gasteiger partial charge on any atom is -0.495 e. The first-order valence-electron chi connectivity index (χ1n) is 7.50. The molecule has 2 rings (SSSR count). The third kappa shape index (κ3) is 4.43. The highest BCUT2D eigenvalue weighted by atomic mass is 35.5. The van der Waals surface area contributed by atoms with Gasteiger partial charge in [-0.05, 0) is 43.3 Å². The first kappa shape index (κ1) is 19.1. The minimum atomic E-state index is -3.91. The molecule has 0 bridgehead atoms. The summed E-state index contributed by atoms with van der Waals surface area (Å²) in [5.74, 6) is 0.0887. The van der Waals surface area contributed by atoms with Crippen molar-refractivity contribution in [3.63, 3.8) is 0 Å². The van der Waals surface area contributed by atoms with E-state index in [1.165, 1.54) is 36.3 Å². The van der Waals surface area contributed by atoms with Crippen molar-refractivity contribution >= 4 is 33.2 Å². The van der Waals surface area contributed by atoms with Crippen molar-refractivity contribution in [1.82, 2.24) is 4.90 Å². The molecule has 0 atom stereocenters. The van der Waals surface area contributed by atoms with Crippen molar-refractivity contribution in [3.8, 4) is 5.75 Å². The summed E-state index contributed by atoms with van der Waals surface area (Å²) in [5, 5.41) is 0.368. The molecule has 0 saturated carbocycles. The summed E-state index contributed by atoms with van der Waals surface area (Å²) in [7, 11) is -0.828. The topological polar surface area (TPSA) is 75.7 Å². The van der Waals surface area contributed by atoms with E-state index in [2.05, 4.69) is 4.72 Å². The van der Waals surface area contributed by atoms with Gasteiger partial charge in [0.05, 0.1) is 17.7 Å². The molecule has 2 aromatic carbocycles. The molecule has 1 amide bonds. The fourth-order valence-corrected chi connectivity index (χ4v) is 3.40. The predicted octanol–water partition coefficient (Wildman–Crippen LogP) is 3.24. The van der Waals surface area contributed by atoms with E-state index in [0.717, 1.165) is 0 Å². The van der Waals surface area contributed by atoms with Crippen molar-refractivity contribution in [2.45, 2.75) is 11.8 Å². The molecular formula is C17H19ClN2O4S. The molecule has 0 spiro atoms. The van der Waals surface area contributed by atoms with Gasteiger partial charge in [0.1, 0.15) is 5.75 Å². The van der Waals surface area contributed by atoms with Crippen LogP contribution in [0.3, 0.4) is 0 Å². The van der Waals surface area contributed by atoms with Gasteiger partial charge in [0, 0.05) is 24.2 Å². The van der Waals surface area contributed by atoms with Gasteiger partial charge < -0.3 is 9.64 Å². The summed E-state index contributed by atoms with van der Waals surface area (Å²) in [6, 6.07) is 10.5. The van der Waals surface area contributed by atoms with Crippen LogP contribution in [0.4, 0.5) is 5.69 Å². The molecule has 0 aliphatic heterocycles. The minimum absolute atomic E-state index is 0.0233. The highest BCUT2D eigenvalue weighted by molar-refractivity contribution is 7.92. The number of carbonyl (C=O) groups is 1. The third-order valence-corrected chi connectivity index (χ3v) is 5.22. The van der Waals surface area contributed by atoms with Gasteiger partial charge in [-0.15, -0.1) is 0 Å². The number of hydrogen-bond donors (Lipinski definition) is 1. The second-order valence-electron chi connectivity index (χ2n) is 5.30. The Bertz CT molecular complexity index is 884. The normalized spacial score (nSPS) is 11.0. The lowest BCUT2D eigenvalue weighted by Gasteiger charge is -2.16. The summed E-state index contributed by atoms with van der Waals surface area (Å²) in [5.41, 5.74) is 0.516. The fraction of sp³-hybridized carbons (Fsp3) is 0.235. The molecule has 0 fully saturated rings. The molecule has 0 saturated heterocycles. The number of sulfonamides is 1. The molecule has 6 nitrogen and oxygen atoms in total. The van der Waals surface area contributed by atoms with Gasteiger partial charge in [-0.3, -0.25) is 9.52 Å². The summed E-state index contributed by atoms with van der Waals surface area (Å²) < 4.78 is 32.9. The molecule has 134 valence electrons. The van der Waals surface area contributed by atoms with E-state index in [1.54, 1.807) is 25.2 Å². The van der Waals surface area contributed by atoms with Crippen molar-refractivity contribution in [2.24, 2.45) is 0 Å². The fourth-order valence-electron chi connectivity index (χ4n) is 2.12. The second kappa shape index (κ2) is 7.76. The van der Waals surface area contributed by atoms with E-state index in [1.807, 2.05) is 6.92 Å². The maximum atomic E-state index is 12.7. The molecule has 8 heteroatoms. The van der Waals surface area contributed by atoms with E-state index in [9.17, 15) is 13.2 Å². The van der Waals surface area contributed by atoms with E-state index >= 15 is 0 Å². The van der Waals surface area contributed by atoms with Crippen LogP contribution >= 0.6 is 11.6 Å². The molecule has 0 aliphatic carbocycles. The molecule has 0 radical (unpaired) electrons. The Kier molecular flexibility index (Phi) is 5.92. The maximum Gasteiger partial charge on any atom is 0.262 e. The lowest BCUT2D eigenvalue weighted by Crippen LogP contribution is -2.26. The SMILES string of the molecule is CCN(C)C(=O)c1cccc(S(=O)(=O)Nc2cc(Cl)ccc2OC)c1. The lowest BCUT2D eigenvalue weighted by atomic mass is 10.2. The van der Waals surface area contributed by atoms with Crippen LogP contribution in [0.1, 0.15) is 17.3 Å². The first-order chi connectivity index (χ1) is 11.8. The van der Waals surface area contributed by atoms with E-state index in [4.69, 9.17) is 16.3 Å². The zero-order chi connectivity index (χ0) is 18.6. The first-order valence-corrected chi connectivity index (χ1v) is 9.36. The Morgan fingerprint density at radius 1 is 1.24 bits per heavy atom. The van der Waals surface area contributed by atoms with Crippen molar-refractivity contribution < 1.29 is 17.9 Å². The summed E-state index contributed by atoms with van der Waals surface area (Å²) >= 11 is 5.93. The predicted molar refractivity (Wildman–Crippen MR) is 97.9 cm³/mol. The van der Waals surface area contributed by atoms with E-state index in [-0.39, 0.29) is 16.5 Å². The molecule has 25 heavy (non-hydrogen) atoms. The monoisotopic (exact) mass is 382 g/mol. The Morgan fingerprint density at radius 3 is 2.60 bits per heavy atom. The number of anilines is 1. The number of rotatable bonds is 6. The molecule has 2 aromatic rings. The van der Waals surface area contributed by atoms with Crippen LogP contribution in [-0.4, -0.2) is 39.9 Å². The molecule has 0 heterocycles. The highest BCUT2D eigenvalue weighted by Crippen LogP contribution is 2.30. The number of ether oxygens (including phenoxy) is 1. The molecule has 0 aliphatic rings. The van der Waals surface area contributed by atoms with Crippen molar-refractivity contribution in [3.05, 3.63) is 53.1 Å². The van der Waals surface area contributed by atoms with Crippen LogP contribution in [0, 0.1) is 0 Å². The number of carbonyl (C=O) groups excluding carboxylic acids is 1. The van der Waals surface area contributed by atoms with Crippen LogP contribution in [0.25, 0.3) is 0 Å². The number of halogens is 1.